The molecule has 2 heteroatoms. The van der Waals surface area contributed by atoms with Crippen LogP contribution in [0.1, 0.15) is 31.2 Å². The molecule has 1 aromatic carbocycles. The zero-order chi connectivity index (χ0) is 13.1. The molecule has 2 nitrogen and oxygen atoms in total. The summed E-state index contributed by atoms with van der Waals surface area (Å²) in [7, 11) is 0. The lowest BCUT2D eigenvalue weighted by Gasteiger charge is -2.26. The summed E-state index contributed by atoms with van der Waals surface area (Å²) in [5.74, 6) is 1.60. The fourth-order valence-corrected chi connectivity index (χ4v) is 3.26. The van der Waals surface area contributed by atoms with Gasteiger partial charge >= 0.3 is 0 Å². The fraction of sp³-hybridized carbons (Fsp3) is 0.471. The number of ether oxygens (including phenoxy) is 1. The van der Waals surface area contributed by atoms with Crippen molar-refractivity contribution >= 4 is 5.78 Å². The summed E-state index contributed by atoms with van der Waals surface area (Å²) in [6.07, 6.45) is 6.04. The molecule has 0 N–H and O–H groups in total. The molecular formula is C17H20O2. The maximum Gasteiger partial charge on any atom is 0.133 e. The second-order valence-electron chi connectivity index (χ2n) is 5.64. The molecule has 1 saturated carbocycles. The molecule has 0 amide bonds. The van der Waals surface area contributed by atoms with Crippen molar-refractivity contribution in [2.45, 2.75) is 32.3 Å². The molecule has 0 radical (unpaired) electrons. The molecule has 2 atom stereocenters. The van der Waals surface area contributed by atoms with Crippen LogP contribution in [0.25, 0.3) is 0 Å². The molecule has 1 fully saturated rings. The van der Waals surface area contributed by atoms with E-state index in [-0.39, 0.29) is 0 Å². The average Bonchev–Trinajstić information content (AvgIpc) is 2.83. The van der Waals surface area contributed by atoms with Crippen molar-refractivity contribution in [3.8, 4) is 0 Å². The number of fused-ring (bicyclic) bond motifs is 1. The molecule has 0 saturated heterocycles. The van der Waals surface area contributed by atoms with Gasteiger partial charge in [0, 0.05) is 12.8 Å². The normalized spacial score (nSPS) is 26.1. The van der Waals surface area contributed by atoms with Crippen molar-refractivity contribution in [3.63, 3.8) is 0 Å². The lowest BCUT2D eigenvalue weighted by atomic mass is 9.78. The Morgan fingerprint density at radius 1 is 1.16 bits per heavy atom. The molecule has 0 aromatic heterocycles. The molecule has 0 spiro atoms. The Kier molecular flexibility index (Phi) is 3.79. The quantitative estimate of drug-likeness (QED) is 0.770. The number of hydrogen-bond donors (Lipinski definition) is 0. The predicted octanol–water partition coefficient (Wildman–Crippen LogP) is 3.52. The van der Waals surface area contributed by atoms with E-state index in [2.05, 4.69) is 18.2 Å². The summed E-state index contributed by atoms with van der Waals surface area (Å²) < 4.78 is 5.81. The van der Waals surface area contributed by atoms with Crippen molar-refractivity contribution < 1.29 is 9.53 Å². The van der Waals surface area contributed by atoms with Gasteiger partial charge in [-0.05, 0) is 35.8 Å². The number of benzene rings is 1. The number of rotatable bonds is 4. The van der Waals surface area contributed by atoms with Crippen LogP contribution in [0.2, 0.25) is 0 Å². The number of carbonyl (C=O) groups excluding carboxylic acids is 1. The highest BCUT2D eigenvalue weighted by molar-refractivity contribution is 5.80. The highest BCUT2D eigenvalue weighted by Crippen LogP contribution is 2.41. The van der Waals surface area contributed by atoms with Gasteiger partial charge in [-0.3, -0.25) is 4.79 Å². The summed E-state index contributed by atoms with van der Waals surface area (Å²) >= 11 is 0. The summed E-state index contributed by atoms with van der Waals surface area (Å²) in [5, 5.41) is 0. The SMILES string of the molecule is O=C1CC[C@H]2CC=C(COCc3ccccc3)[C@H]2C1. The molecule has 100 valence electrons. The number of allylic oxidation sites excluding steroid dienone is 1. The van der Waals surface area contributed by atoms with Gasteiger partial charge in [0.15, 0.2) is 0 Å². The molecule has 2 aliphatic carbocycles. The zero-order valence-corrected chi connectivity index (χ0v) is 11.2. The summed E-state index contributed by atoms with van der Waals surface area (Å²) in [5.41, 5.74) is 2.56. The average molecular weight is 256 g/mol. The second kappa shape index (κ2) is 5.70. The van der Waals surface area contributed by atoms with E-state index in [0.29, 0.717) is 30.8 Å². The van der Waals surface area contributed by atoms with Gasteiger partial charge in [0.1, 0.15) is 5.78 Å². The van der Waals surface area contributed by atoms with E-state index in [0.717, 1.165) is 25.7 Å². The third kappa shape index (κ3) is 2.95. The van der Waals surface area contributed by atoms with Crippen LogP contribution in [0.15, 0.2) is 42.0 Å². The monoisotopic (exact) mass is 256 g/mol. The molecule has 0 unspecified atom stereocenters. The third-order valence-electron chi connectivity index (χ3n) is 4.35. The van der Waals surface area contributed by atoms with Crippen LogP contribution < -0.4 is 0 Å². The fourth-order valence-electron chi connectivity index (χ4n) is 3.26. The molecule has 0 bridgehead atoms. The zero-order valence-electron chi connectivity index (χ0n) is 11.2. The van der Waals surface area contributed by atoms with Crippen molar-refractivity contribution in [2.75, 3.05) is 6.61 Å². The number of ketones is 1. The summed E-state index contributed by atoms with van der Waals surface area (Å²) in [6.45, 7) is 1.34. The maximum atomic E-state index is 11.6. The first kappa shape index (κ1) is 12.6. The third-order valence-corrected chi connectivity index (χ3v) is 4.35. The minimum absolute atomic E-state index is 0.428. The molecule has 19 heavy (non-hydrogen) atoms. The van der Waals surface area contributed by atoms with E-state index in [1.165, 1.54) is 11.1 Å². The van der Waals surface area contributed by atoms with Gasteiger partial charge < -0.3 is 4.74 Å². The Labute approximate surface area is 114 Å². The van der Waals surface area contributed by atoms with Crippen LogP contribution in [0, 0.1) is 11.8 Å². The molecule has 2 aliphatic rings. The molecule has 0 aliphatic heterocycles. The lowest BCUT2D eigenvalue weighted by Crippen LogP contribution is -2.24. The topological polar surface area (TPSA) is 26.3 Å². The van der Waals surface area contributed by atoms with E-state index >= 15 is 0 Å². The van der Waals surface area contributed by atoms with Crippen LogP contribution >= 0.6 is 0 Å². The van der Waals surface area contributed by atoms with Crippen LogP contribution in [-0.4, -0.2) is 12.4 Å². The molecule has 0 heterocycles. The standard InChI is InChI=1S/C17H20O2/c18-16-9-8-14-6-7-15(17(14)10-16)12-19-11-13-4-2-1-3-5-13/h1-5,7,14,17H,6,8-12H2/t14-,17+/m1/s1. The van der Waals surface area contributed by atoms with Gasteiger partial charge in [0.2, 0.25) is 0 Å². The molecular weight excluding hydrogens is 236 g/mol. The number of carbonyl (C=O) groups is 1. The Balaban J connectivity index is 1.52. The van der Waals surface area contributed by atoms with E-state index in [9.17, 15) is 4.79 Å². The second-order valence-corrected chi connectivity index (χ2v) is 5.64. The lowest BCUT2D eigenvalue weighted by molar-refractivity contribution is -0.122. The van der Waals surface area contributed by atoms with Crippen molar-refractivity contribution in [1.29, 1.82) is 0 Å². The van der Waals surface area contributed by atoms with Crippen LogP contribution in [-0.2, 0) is 16.1 Å². The first-order chi connectivity index (χ1) is 9.33. The largest absolute Gasteiger partial charge is 0.372 e. The van der Waals surface area contributed by atoms with Gasteiger partial charge in [0.25, 0.3) is 0 Å². The van der Waals surface area contributed by atoms with E-state index in [1.54, 1.807) is 0 Å². The van der Waals surface area contributed by atoms with E-state index < -0.39 is 0 Å². The minimum atomic E-state index is 0.428. The Morgan fingerprint density at radius 2 is 2.00 bits per heavy atom. The summed E-state index contributed by atoms with van der Waals surface area (Å²) in [4.78, 5) is 11.6. The van der Waals surface area contributed by atoms with E-state index in [4.69, 9.17) is 4.74 Å². The van der Waals surface area contributed by atoms with E-state index in [1.807, 2.05) is 18.2 Å². The highest BCUT2D eigenvalue weighted by atomic mass is 16.5. The number of hydrogen-bond acceptors (Lipinski definition) is 2. The van der Waals surface area contributed by atoms with Gasteiger partial charge in [0.05, 0.1) is 13.2 Å². The minimum Gasteiger partial charge on any atom is -0.372 e. The van der Waals surface area contributed by atoms with Crippen LogP contribution in [0.5, 0.6) is 0 Å². The Bertz CT molecular complexity index is 475. The van der Waals surface area contributed by atoms with Crippen molar-refractivity contribution in [1.82, 2.24) is 0 Å². The van der Waals surface area contributed by atoms with Gasteiger partial charge in [-0.1, -0.05) is 36.4 Å². The smallest absolute Gasteiger partial charge is 0.133 e. The molecule has 3 rings (SSSR count). The Hall–Kier alpha value is -1.41. The van der Waals surface area contributed by atoms with Crippen molar-refractivity contribution in [3.05, 3.63) is 47.5 Å². The van der Waals surface area contributed by atoms with Crippen molar-refractivity contribution in [2.24, 2.45) is 11.8 Å². The Morgan fingerprint density at radius 3 is 2.84 bits per heavy atom. The number of Topliss-reactive ketones (excluding diaryl/α,β-unsaturated/α-hetero) is 1. The van der Waals surface area contributed by atoms with Gasteiger partial charge in [-0.2, -0.15) is 0 Å². The molecule has 1 aromatic rings. The van der Waals surface area contributed by atoms with Gasteiger partial charge in [-0.25, -0.2) is 0 Å². The first-order valence-corrected chi connectivity index (χ1v) is 7.15. The first-order valence-electron chi connectivity index (χ1n) is 7.15. The predicted molar refractivity (Wildman–Crippen MR) is 74.6 cm³/mol. The van der Waals surface area contributed by atoms with Gasteiger partial charge in [-0.15, -0.1) is 0 Å². The van der Waals surface area contributed by atoms with Crippen LogP contribution in [0.3, 0.4) is 0 Å². The summed E-state index contributed by atoms with van der Waals surface area (Å²) in [6, 6.07) is 10.2. The highest BCUT2D eigenvalue weighted by Gasteiger charge is 2.34. The maximum absolute atomic E-state index is 11.6. The van der Waals surface area contributed by atoms with Crippen LogP contribution in [0.4, 0.5) is 0 Å².